The number of benzene rings is 1. The molecule has 1 amide bonds. The van der Waals surface area contributed by atoms with Crippen LogP contribution in [0.1, 0.15) is 32.3 Å². The van der Waals surface area contributed by atoms with E-state index in [4.69, 9.17) is 18.0 Å². The van der Waals surface area contributed by atoms with Crippen LogP contribution in [0.25, 0.3) is 0 Å². The molecule has 1 aliphatic heterocycles. The Bertz CT molecular complexity index is 503. The Morgan fingerprint density at radius 3 is 2.67 bits per heavy atom. The zero-order valence-corrected chi connectivity index (χ0v) is 13.6. The minimum Gasteiger partial charge on any atom is -0.393 e. The van der Waals surface area contributed by atoms with Crippen LogP contribution in [-0.2, 0) is 11.2 Å². The van der Waals surface area contributed by atoms with Crippen molar-refractivity contribution < 1.29 is 4.79 Å². The number of amides is 1. The molecule has 3 unspecified atom stereocenters. The van der Waals surface area contributed by atoms with Gasteiger partial charge in [0.05, 0.1) is 10.9 Å². The molecular weight excluding hydrogens is 280 g/mol. The maximum Gasteiger partial charge on any atom is 0.233 e. The van der Waals surface area contributed by atoms with Crippen molar-refractivity contribution in [2.75, 3.05) is 6.54 Å². The fraction of sp³-hybridized carbons (Fsp3) is 0.529. The summed E-state index contributed by atoms with van der Waals surface area (Å²) in [6.07, 6.45) is 2.83. The van der Waals surface area contributed by atoms with Gasteiger partial charge in [-0.3, -0.25) is 4.79 Å². The smallest absolute Gasteiger partial charge is 0.233 e. The normalized spacial score (nSPS) is 23.6. The predicted octanol–water partition coefficient (Wildman–Crippen LogP) is 2.78. The molecule has 1 aromatic rings. The third-order valence-electron chi connectivity index (χ3n) is 4.58. The van der Waals surface area contributed by atoms with E-state index in [0.29, 0.717) is 17.3 Å². The number of piperidine rings is 1. The molecule has 1 heterocycles. The van der Waals surface area contributed by atoms with Crippen molar-refractivity contribution in [2.24, 2.45) is 17.6 Å². The number of hydrogen-bond acceptors (Lipinski definition) is 2. The Labute approximate surface area is 132 Å². The molecule has 1 aromatic carbocycles. The lowest BCUT2D eigenvalue weighted by molar-refractivity contribution is -0.137. The average Bonchev–Trinajstić information content (AvgIpc) is 2.48. The molecule has 0 spiro atoms. The van der Waals surface area contributed by atoms with Crippen molar-refractivity contribution >= 4 is 23.1 Å². The molecule has 2 N–H and O–H groups in total. The lowest BCUT2D eigenvalue weighted by Gasteiger charge is -2.39. The SMILES string of the molecule is CC1CCCN(C(=O)C(Cc2ccccc2)C(N)=S)C1C. The zero-order chi connectivity index (χ0) is 15.4. The first-order valence-corrected chi connectivity index (χ1v) is 8.05. The quantitative estimate of drug-likeness (QED) is 0.870. The fourth-order valence-corrected chi connectivity index (χ4v) is 3.19. The molecule has 1 aliphatic rings. The fourth-order valence-electron chi connectivity index (χ4n) is 3.01. The van der Waals surface area contributed by atoms with E-state index in [9.17, 15) is 4.79 Å². The van der Waals surface area contributed by atoms with E-state index in [1.165, 1.54) is 6.42 Å². The molecule has 1 saturated heterocycles. The molecule has 21 heavy (non-hydrogen) atoms. The second-order valence-corrected chi connectivity index (χ2v) is 6.51. The van der Waals surface area contributed by atoms with Crippen LogP contribution in [0, 0.1) is 11.8 Å². The van der Waals surface area contributed by atoms with Crippen LogP contribution in [0.5, 0.6) is 0 Å². The summed E-state index contributed by atoms with van der Waals surface area (Å²) in [7, 11) is 0. The maximum atomic E-state index is 12.9. The van der Waals surface area contributed by atoms with E-state index in [1.54, 1.807) is 0 Å². The summed E-state index contributed by atoms with van der Waals surface area (Å²) in [5.41, 5.74) is 6.95. The van der Waals surface area contributed by atoms with Gasteiger partial charge in [-0.05, 0) is 37.7 Å². The minimum atomic E-state index is -0.393. The molecule has 0 radical (unpaired) electrons. The van der Waals surface area contributed by atoms with E-state index in [-0.39, 0.29) is 11.9 Å². The highest BCUT2D eigenvalue weighted by Crippen LogP contribution is 2.25. The maximum absolute atomic E-state index is 12.9. The van der Waals surface area contributed by atoms with E-state index in [2.05, 4.69) is 13.8 Å². The van der Waals surface area contributed by atoms with Gasteiger partial charge in [0.2, 0.25) is 5.91 Å². The Hall–Kier alpha value is -1.42. The van der Waals surface area contributed by atoms with Gasteiger partial charge in [-0.1, -0.05) is 49.5 Å². The second kappa shape index (κ2) is 7.03. The number of hydrogen-bond donors (Lipinski definition) is 1. The largest absolute Gasteiger partial charge is 0.393 e. The van der Waals surface area contributed by atoms with E-state index >= 15 is 0 Å². The van der Waals surface area contributed by atoms with Crippen LogP contribution >= 0.6 is 12.2 Å². The molecule has 1 fully saturated rings. The van der Waals surface area contributed by atoms with E-state index in [1.807, 2.05) is 35.2 Å². The third kappa shape index (κ3) is 3.82. The lowest BCUT2D eigenvalue weighted by atomic mass is 9.89. The number of carbonyl (C=O) groups excluding carboxylic acids is 1. The summed E-state index contributed by atoms with van der Waals surface area (Å²) in [6, 6.07) is 10.2. The number of likely N-dealkylation sites (tertiary alicyclic amines) is 1. The molecule has 0 aliphatic carbocycles. The van der Waals surface area contributed by atoms with Crippen LogP contribution in [0.4, 0.5) is 0 Å². The third-order valence-corrected chi connectivity index (χ3v) is 4.87. The standard InChI is InChI=1S/C17H24N2OS/c1-12-7-6-10-19(13(12)2)17(20)15(16(18)21)11-14-8-4-3-5-9-14/h3-5,8-9,12-13,15H,6-7,10-11H2,1-2H3,(H2,18,21). The highest BCUT2D eigenvalue weighted by atomic mass is 32.1. The van der Waals surface area contributed by atoms with Crippen LogP contribution in [-0.4, -0.2) is 28.4 Å². The highest BCUT2D eigenvalue weighted by Gasteiger charge is 2.33. The van der Waals surface area contributed by atoms with Crippen LogP contribution in [0.3, 0.4) is 0 Å². The van der Waals surface area contributed by atoms with Crippen LogP contribution in [0.2, 0.25) is 0 Å². The molecular formula is C17H24N2OS. The van der Waals surface area contributed by atoms with Crippen molar-refractivity contribution in [1.82, 2.24) is 4.90 Å². The van der Waals surface area contributed by atoms with Crippen molar-refractivity contribution in [3.8, 4) is 0 Å². The Morgan fingerprint density at radius 1 is 1.38 bits per heavy atom. The molecule has 3 nitrogen and oxygen atoms in total. The first kappa shape index (κ1) is 16.0. The summed E-state index contributed by atoms with van der Waals surface area (Å²) in [6.45, 7) is 5.15. The molecule has 0 saturated carbocycles. The summed E-state index contributed by atoms with van der Waals surface area (Å²) in [5.74, 6) is 0.229. The van der Waals surface area contributed by atoms with Crippen molar-refractivity contribution in [1.29, 1.82) is 0 Å². The monoisotopic (exact) mass is 304 g/mol. The van der Waals surface area contributed by atoms with Gasteiger partial charge in [0.1, 0.15) is 0 Å². The Balaban J connectivity index is 2.14. The second-order valence-electron chi connectivity index (χ2n) is 6.04. The topological polar surface area (TPSA) is 46.3 Å². The molecule has 114 valence electrons. The number of rotatable bonds is 4. The van der Waals surface area contributed by atoms with Gasteiger partial charge < -0.3 is 10.6 Å². The summed E-state index contributed by atoms with van der Waals surface area (Å²) in [4.78, 5) is 15.1. The molecule has 0 bridgehead atoms. The van der Waals surface area contributed by atoms with Crippen molar-refractivity contribution in [3.63, 3.8) is 0 Å². The molecule has 3 atom stereocenters. The first-order chi connectivity index (χ1) is 10.0. The van der Waals surface area contributed by atoms with Gasteiger partial charge in [0.25, 0.3) is 0 Å². The van der Waals surface area contributed by atoms with Crippen LogP contribution in [0.15, 0.2) is 30.3 Å². The van der Waals surface area contributed by atoms with Gasteiger partial charge in [0.15, 0.2) is 0 Å². The lowest BCUT2D eigenvalue weighted by Crippen LogP contribution is -2.50. The number of thiocarbonyl (C=S) groups is 1. The zero-order valence-electron chi connectivity index (χ0n) is 12.8. The van der Waals surface area contributed by atoms with Gasteiger partial charge >= 0.3 is 0 Å². The Morgan fingerprint density at radius 2 is 2.05 bits per heavy atom. The van der Waals surface area contributed by atoms with Gasteiger partial charge in [0, 0.05) is 12.6 Å². The summed E-state index contributed by atoms with van der Waals surface area (Å²) in [5, 5.41) is 0. The van der Waals surface area contributed by atoms with Gasteiger partial charge in [-0.2, -0.15) is 0 Å². The summed E-state index contributed by atoms with van der Waals surface area (Å²) < 4.78 is 0. The highest BCUT2D eigenvalue weighted by molar-refractivity contribution is 7.80. The van der Waals surface area contributed by atoms with Crippen LogP contribution < -0.4 is 5.73 Å². The average molecular weight is 304 g/mol. The van der Waals surface area contributed by atoms with Crippen molar-refractivity contribution in [3.05, 3.63) is 35.9 Å². The minimum absolute atomic E-state index is 0.0883. The molecule has 0 aromatic heterocycles. The first-order valence-electron chi connectivity index (χ1n) is 7.64. The van der Waals surface area contributed by atoms with Crippen molar-refractivity contribution in [2.45, 2.75) is 39.2 Å². The van der Waals surface area contributed by atoms with E-state index < -0.39 is 5.92 Å². The van der Waals surface area contributed by atoms with Gasteiger partial charge in [-0.15, -0.1) is 0 Å². The molecule has 4 heteroatoms. The number of nitrogens with zero attached hydrogens (tertiary/aromatic N) is 1. The summed E-state index contributed by atoms with van der Waals surface area (Å²) >= 11 is 5.16. The number of nitrogens with two attached hydrogens (primary N) is 1. The van der Waals surface area contributed by atoms with Gasteiger partial charge in [-0.25, -0.2) is 0 Å². The molecule has 2 rings (SSSR count). The number of carbonyl (C=O) groups is 1. The Kier molecular flexibility index (Phi) is 5.34. The predicted molar refractivity (Wildman–Crippen MR) is 90.0 cm³/mol. The van der Waals surface area contributed by atoms with E-state index in [0.717, 1.165) is 18.5 Å².